The Labute approximate surface area is 232 Å². The third kappa shape index (κ3) is 14.7. The quantitative estimate of drug-likeness (QED) is 0.0563. The summed E-state index contributed by atoms with van der Waals surface area (Å²) in [4.78, 5) is 50.4. The molecule has 0 fully saturated rings. The first kappa shape index (κ1) is 36.1. The Morgan fingerprint density at radius 1 is 0.897 bits per heavy atom. The van der Waals surface area contributed by atoms with Gasteiger partial charge in [0, 0.05) is 12.5 Å². The summed E-state index contributed by atoms with van der Waals surface area (Å²) in [6.07, 6.45) is 1.53. The molecule has 0 aromatic heterocycles. The van der Waals surface area contributed by atoms with Crippen LogP contribution in [0.3, 0.4) is 0 Å². The van der Waals surface area contributed by atoms with Gasteiger partial charge in [0.25, 0.3) is 5.91 Å². The maximum atomic E-state index is 13.1. The Morgan fingerprint density at radius 3 is 1.97 bits per heavy atom. The molecule has 13 heteroatoms. The SMILES string of the molecule is CC(C)C=C(C#N)C(=O)NCCCC[C@H](NC(=O)[C@@H](NC(=O)C(C)C)[C@@H](C)O)C(=O)N[C@@H](CC(C)C)B(O)O. The molecule has 0 saturated carbocycles. The van der Waals surface area contributed by atoms with Crippen LogP contribution in [0.4, 0.5) is 0 Å². The van der Waals surface area contributed by atoms with Crippen molar-refractivity contribution in [1.82, 2.24) is 21.3 Å². The second-order valence-electron chi connectivity index (χ2n) is 10.8. The first-order valence-electron chi connectivity index (χ1n) is 13.5. The van der Waals surface area contributed by atoms with Gasteiger partial charge in [-0.05, 0) is 44.4 Å². The highest BCUT2D eigenvalue weighted by Crippen LogP contribution is 2.09. The highest BCUT2D eigenvalue weighted by atomic mass is 16.4. The molecular weight excluding hydrogens is 505 g/mol. The minimum Gasteiger partial charge on any atom is -0.426 e. The summed E-state index contributed by atoms with van der Waals surface area (Å²) in [6, 6.07) is -0.554. The predicted molar refractivity (Wildman–Crippen MR) is 147 cm³/mol. The van der Waals surface area contributed by atoms with E-state index < -0.39 is 60.8 Å². The van der Waals surface area contributed by atoms with Crippen molar-refractivity contribution in [3.8, 4) is 6.07 Å². The highest BCUT2D eigenvalue weighted by Gasteiger charge is 2.33. The number of hydrogen-bond donors (Lipinski definition) is 7. The minimum atomic E-state index is -1.81. The van der Waals surface area contributed by atoms with Gasteiger partial charge in [-0.3, -0.25) is 19.2 Å². The van der Waals surface area contributed by atoms with E-state index in [1.165, 1.54) is 6.92 Å². The van der Waals surface area contributed by atoms with E-state index in [2.05, 4.69) is 21.3 Å². The van der Waals surface area contributed by atoms with Crippen LogP contribution in [-0.4, -0.2) is 76.6 Å². The maximum absolute atomic E-state index is 13.1. The number of aliphatic hydroxyl groups is 1. The summed E-state index contributed by atoms with van der Waals surface area (Å²) in [6.45, 7) is 12.2. The molecule has 0 aliphatic heterocycles. The fraction of sp³-hybridized carbons (Fsp3) is 0.731. The number of unbranched alkanes of at least 4 members (excludes halogenated alkanes) is 1. The molecule has 220 valence electrons. The van der Waals surface area contributed by atoms with E-state index in [9.17, 15) is 34.3 Å². The average molecular weight is 551 g/mol. The van der Waals surface area contributed by atoms with Crippen molar-refractivity contribution in [3.63, 3.8) is 0 Å². The van der Waals surface area contributed by atoms with E-state index in [-0.39, 0.29) is 36.8 Å². The van der Waals surface area contributed by atoms with Gasteiger partial charge in [-0.15, -0.1) is 0 Å². The molecule has 12 nitrogen and oxygen atoms in total. The van der Waals surface area contributed by atoms with E-state index in [0.717, 1.165) is 0 Å². The van der Waals surface area contributed by atoms with Crippen LogP contribution in [0.2, 0.25) is 0 Å². The molecule has 0 aliphatic carbocycles. The summed E-state index contributed by atoms with van der Waals surface area (Å²) >= 11 is 0. The molecule has 7 N–H and O–H groups in total. The van der Waals surface area contributed by atoms with Crippen LogP contribution in [0, 0.1) is 29.1 Å². The molecule has 0 bridgehead atoms. The van der Waals surface area contributed by atoms with Crippen molar-refractivity contribution in [2.24, 2.45) is 17.8 Å². The lowest BCUT2D eigenvalue weighted by Crippen LogP contribution is -2.59. The zero-order valence-electron chi connectivity index (χ0n) is 24.2. The van der Waals surface area contributed by atoms with Gasteiger partial charge in [-0.2, -0.15) is 5.26 Å². The van der Waals surface area contributed by atoms with Crippen LogP contribution in [0.15, 0.2) is 11.6 Å². The van der Waals surface area contributed by atoms with E-state index in [1.54, 1.807) is 19.9 Å². The average Bonchev–Trinajstić information content (AvgIpc) is 2.82. The zero-order valence-corrected chi connectivity index (χ0v) is 24.2. The van der Waals surface area contributed by atoms with Crippen molar-refractivity contribution < 1.29 is 34.3 Å². The van der Waals surface area contributed by atoms with E-state index in [1.807, 2.05) is 33.8 Å². The molecule has 0 aromatic carbocycles. The molecule has 4 atom stereocenters. The van der Waals surface area contributed by atoms with Crippen molar-refractivity contribution in [1.29, 1.82) is 5.26 Å². The van der Waals surface area contributed by atoms with Gasteiger partial charge in [0.05, 0.1) is 12.0 Å². The largest absolute Gasteiger partial charge is 0.475 e. The second kappa shape index (κ2) is 18.4. The van der Waals surface area contributed by atoms with Crippen LogP contribution in [0.1, 0.15) is 74.1 Å². The van der Waals surface area contributed by atoms with E-state index in [0.29, 0.717) is 12.8 Å². The molecule has 0 aromatic rings. The summed E-state index contributed by atoms with van der Waals surface area (Å²) < 4.78 is 0. The van der Waals surface area contributed by atoms with Crippen molar-refractivity contribution >= 4 is 30.7 Å². The van der Waals surface area contributed by atoms with E-state index in [4.69, 9.17) is 5.26 Å². The van der Waals surface area contributed by atoms with Crippen molar-refractivity contribution in [2.75, 3.05) is 6.54 Å². The molecule has 0 aliphatic rings. The summed E-state index contributed by atoms with van der Waals surface area (Å²) in [7, 11) is -1.81. The van der Waals surface area contributed by atoms with Crippen molar-refractivity contribution in [3.05, 3.63) is 11.6 Å². The first-order chi connectivity index (χ1) is 18.1. The Morgan fingerprint density at radius 2 is 1.51 bits per heavy atom. The van der Waals surface area contributed by atoms with Crippen LogP contribution < -0.4 is 21.3 Å². The fourth-order valence-corrected chi connectivity index (χ4v) is 3.57. The lowest BCUT2D eigenvalue weighted by Gasteiger charge is -2.27. The number of nitriles is 1. The van der Waals surface area contributed by atoms with Crippen LogP contribution >= 0.6 is 0 Å². The molecule has 0 radical (unpaired) electrons. The standard InChI is InChI=1S/C26H46BN5O7/c1-15(2)12-19(14-28)24(35)29-11-9-8-10-20(25(36)31-21(27(38)39)13-16(3)4)30-26(37)22(18(7)33)32-23(34)17(5)6/h12,15-18,20-22,33,38-39H,8-11,13H2,1-7H3,(H,29,35)(H,30,37)(H,31,36)(H,32,34)/t18-,20+,21+,22+/m1/s1. The molecule has 39 heavy (non-hydrogen) atoms. The van der Waals surface area contributed by atoms with Gasteiger partial charge < -0.3 is 36.4 Å². The molecular formula is C26H46BN5O7. The predicted octanol–water partition coefficient (Wildman–Crippen LogP) is -0.0718. The highest BCUT2D eigenvalue weighted by molar-refractivity contribution is 6.43. The Bertz CT molecular complexity index is 884. The topological polar surface area (TPSA) is 201 Å². The molecule has 0 unspecified atom stereocenters. The van der Waals surface area contributed by atoms with Crippen LogP contribution in [-0.2, 0) is 19.2 Å². The molecule has 0 rings (SSSR count). The number of carbonyl (C=O) groups excluding carboxylic acids is 4. The van der Waals surface area contributed by atoms with Crippen molar-refractivity contribution in [2.45, 2.75) is 98.3 Å². The number of nitrogens with one attached hydrogen (secondary N) is 4. The summed E-state index contributed by atoms with van der Waals surface area (Å²) in [5, 5.41) is 48.9. The third-order valence-corrected chi connectivity index (χ3v) is 5.70. The molecule has 0 spiro atoms. The Hall–Kier alpha value is -2.95. The van der Waals surface area contributed by atoms with Gasteiger partial charge in [-0.25, -0.2) is 0 Å². The zero-order chi connectivity index (χ0) is 30.3. The second-order valence-corrected chi connectivity index (χ2v) is 10.8. The number of rotatable bonds is 17. The first-order valence-corrected chi connectivity index (χ1v) is 13.5. The lowest BCUT2D eigenvalue weighted by atomic mass is 9.75. The summed E-state index contributed by atoms with van der Waals surface area (Å²) in [5.41, 5.74) is 0.0147. The monoisotopic (exact) mass is 551 g/mol. The minimum absolute atomic E-state index is 0.0147. The number of carbonyl (C=O) groups is 4. The van der Waals surface area contributed by atoms with Crippen LogP contribution in [0.5, 0.6) is 0 Å². The third-order valence-electron chi connectivity index (χ3n) is 5.70. The van der Waals surface area contributed by atoms with E-state index >= 15 is 0 Å². The Kier molecular flexibility index (Phi) is 17.0. The fourth-order valence-electron chi connectivity index (χ4n) is 3.57. The van der Waals surface area contributed by atoms with Gasteiger partial charge >= 0.3 is 7.12 Å². The Balaban J connectivity index is 5.48. The van der Waals surface area contributed by atoms with Gasteiger partial charge in [0.1, 0.15) is 23.7 Å². The number of hydrogen-bond acceptors (Lipinski definition) is 8. The number of allylic oxidation sites excluding steroid dienone is 1. The van der Waals surface area contributed by atoms with Crippen LogP contribution in [0.25, 0.3) is 0 Å². The van der Waals surface area contributed by atoms with Gasteiger partial charge in [0.15, 0.2) is 0 Å². The molecule has 0 heterocycles. The normalized spacial score (nSPS) is 14.7. The number of nitrogens with zero attached hydrogens (tertiary/aromatic N) is 1. The van der Waals surface area contributed by atoms with Gasteiger partial charge in [0.2, 0.25) is 17.7 Å². The molecule has 4 amide bonds. The smallest absolute Gasteiger partial charge is 0.426 e. The molecule has 0 saturated heterocycles. The number of aliphatic hydroxyl groups excluding tert-OH is 1. The number of amides is 4. The maximum Gasteiger partial charge on any atom is 0.475 e. The lowest BCUT2D eigenvalue weighted by molar-refractivity contribution is -0.135. The summed E-state index contributed by atoms with van der Waals surface area (Å²) in [5.74, 6) is -3.70. The van der Waals surface area contributed by atoms with Gasteiger partial charge in [-0.1, -0.05) is 47.6 Å².